The van der Waals surface area contributed by atoms with Crippen LogP contribution in [0.5, 0.6) is 5.75 Å². The van der Waals surface area contributed by atoms with Crippen LogP contribution in [0, 0.1) is 11.6 Å². The lowest BCUT2D eigenvalue weighted by molar-refractivity contribution is -0.116. The second-order valence-corrected chi connectivity index (χ2v) is 6.95. The van der Waals surface area contributed by atoms with E-state index in [0.29, 0.717) is 28.2 Å². The van der Waals surface area contributed by atoms with Crippen molar-refractivity contribution in [2.24, 2.45) is 0 Å². The van der Waals surface area contributed by atoms with Crippen molar-refractivity contribution in [3.8, 4) is 5.75 Å². The zero-order valence-corrected chi connectivity index (χ0v) is 16.4. The molecular formula is C22H16ClF2N3O2. The largest absolute Gasteiger partial charge is 0.486 e. The minimum Gasteiger partial charge on any atom is -0.486 e. The van der Waals surface area contributed by atoms with Crippen molar-refractivity contribution in [1.82, 2.24) is 9.55 Å². The number of nitrogens with zero attached hydrogens (tertiary/aromatic N) is 2. The minimum atomic E-state index is -0.842. The van der Waals surface area contributed by atoms with Crippen molar-refractivity contribution < 1.29 is 18.3 Å². The number of benzene rings is 3. The Hall–Kier alpha value is -3.45. The molecule has 0 aliphatic heterocycles. The summed E-state index contributed by atoms with van der Waals surface area (Å²) in [5, 5.41) is 3.06. The molecule has 30 heavy (non-hydrogen) atoms. The molecule has 0 saturated heterocycles. The van der Waals surface area contributed by atoms with Crippen LogP contribution in [-0.2, 0) is 17.9 Å². The van der Waals surface area contributed by atoms with E-state index >= 15 is 0 Å². The van der Waals surface area contributed by atoms with E-state index in [0.717, 1.165) is 11.6 Å². The summed E-state index contributed by atoms with van der Waals surface area (Å²) in [6.07, 6.45) is 0. The predicted octanol–water partition coefficient (Wildman–Crippen LogP) is 5.19. The lowest BCUT2D eigenvalue weighted by Gasteiger charge is -2.11. The maximum absolute atomic E-state index is 13.9. The molecule has 152 valence electrons. The molecule has 0 bridgehead atoms. The summed E-state index contributed by atoms with van der Waals surface area (Å²) in [6, 6.07) is 17.2. The number of para-hydroxylation sites is 2. The van der Waals surface area contributed by atoms with Gasteiger partial charge in [-0.15, -0.1) is 0 Å². The number of halogens is 3. The maximum Gasteiger partial charge on any atom is 0.244 e. The average Bonchev–Trinajstić information content (AvgIpc) is 3.07. The highest BCUT2D eigenvalue weighted by Crippen LogP contribution is 2.21. The first-order valence-electron chi connectivity index (χ1n) is 9.07. The molecule has 0 unspecified atom stereocenters. The molecular weight excluding hydrogens is 412 g/mol. The van der Waals surface area contributed by atoms with E-state index in [-0.39, 0.29) is 18.8 Å². The topological polar surface area (TPSA) is 56.2 Å². The molecule has 1 amide bonds. The molecule has 0 radical (unpaired) electrons. The van der Waals surface area contributed by atoms with Gasteiger partial charge in [-0.25, -0.2) is 13.8 Å². The Labute approximate surface area is 175 Å². The van der Waals surface area contributed by atoms with E-state index in [1.165, 1.54) is 6.07 Å². The molecule has 0 aliphatic carbocycles. The van der Waals surface area contributed by atoms with Crippen molar-refractivity contribution in [3.05, 3.63) is 89.2 Å². The van der Waals surface area contributed by atoms with Crippen LogP contribution >= 0.6 is 11.6 Å². The number of fused-ring (bicyclic) bond motifs is 1. The molecule has 4 aromatic rings. The molecule has 1 N–H and O–H groups in total. The van der Waals surface area contributed by atoms with E-state index in [2.05, 4.69) is 10.3 Å². The van der Waals surface area contributed by atoms with Gasteiger partial charge in [0.2, 0.25) is 5.91 Å². The Morgan fingerprint density at radius 3 is 2.60 bits per heavy atom. The molecule has 0 saturated carbocycles. The molecule has 1 aromatic heterocycles. The van der Waals surface area contributed by atoms with E-state index < -0.39 is 17.5 Å². The van der Waals surface area contributed by atoms with Crippen LogP contribution < -0.4 is 10.1 Å². The first-order valence-corrected chi connectivity index (χ1v) is 9.45. The van der Waals surface area contributed by atoms with E-state index in [4.69, 9.17) is 16.3 Å². The van der Waals surface area contributed by atoms with Gasteiger partial charge in [0.15, 0.2) is 0 Å². The molecule has 8 heteroatoms. The molecule has 1 heterocycles. The molecule has 0 spiro atoms. The van der Waals surface area contributed by atoms with Crippen LogP contribution in [0.25, 0.3) is 11.0 Å². The predicted molar refractivity (Wildman–Crippen MR) is 111 cm³/mol. The number of anilines is 1. The Morgan fingerprint density at radius 2 is 1.83 bits per heavy atom. The zero-order valence-electron chi connectivity index (χ0n) is 15.6. The molecule has 0 fully saturated rings. The van der Waals surface area contributed by atoms with Gasteiger partial charge in [-0.1, -0.05) is 23.7 Å². The second kappa shape index (κ2) is 8.51. The number of nitrogens with one attached hydrogen (secondary N) is 1. The summed E-state index contributed by atoms with van der Waals surface area (Å²) in [6.45, 7) is 0.00510. The highest BCUT2D eigenvalue weighted by Gasteiger charge is 2.15. The molecule has 4 rings (SSSR count). The third-order valence-electron chi connectivity index (χ3n) is 4.42. The lowest BCUT2D eigenvalue weighted by Crippen LogP contribution is -2.21. The number of carbonyl (C=O) groups excluding carboxylic acids is 1. The summed E-state index contributed by atoms with van der Waals surface area (Å²) >= 11 is 5.89. The third kappa shape index (κ3) is 4.41. The molecule has 5 nitrogen and oxygen atoms in total. The van der Waals surface area contributed by atoms with Crippen LogP contribution in [-0.4, -0.2) is 15.5 Å². The number of hydrogen-bond acceptors (Lipinski definition) is 3. The fourth-order valence-corrected chi connectivity index (χ4v) is 3.14. The average molecular weight is 428 g/mol. The summed E-state index contributed by atoms with van der Waals surface area (Å²) in [4.78, 5) is 17.1. The van der Waals surface area contributed by atoms with Gasteiger partial charge >= 0.3 is 0 Å². The first kappa shape index (κ1) is 19.8. The van der Waals surface area contributed by atoms with Gasteiger partial charge in [0.1, 0.15) is 36.4 Å². The van der Waals surface area contributed by atoms with Crippen LogP contribution in [0.2, 0.25) is 5.02 Å². The Balaban J connectivity index is 1.56. The van der Waals surface area contributed by atoms with Gasteiger partial charge < -0.3 is 14.6 Å². The van der Waals surface area contributed by atoms with Crippen molar-refractivity contribution >= 4 is 34.2 Å². The maximum atomic E-state index is 13.9. The van der Waals surface area contributed by atoms with E-state index in [9.17, 15) is 13.6 Å². The summed E-state index contributed by atoms with van der Waals surface area (Å²) in [5.74, 6) is -0.897. The molecule has 0 atom stereocenters. The highest BCUT2D eigenvalue weighted by molar-refractivity contribution is 6.30. The number of carbonyl (C=O) groups is 1. The van der Waals surface area contributed by atoms with Gasteiger partial charge in [-0.3, -0.25) is 4.79 Å². The van der Waals surface area contributed by atoms with Crippen molar-refractivity contribution in [1.29, 1.82) is 0 Å². The molecule has 3 aromatic carbocycles. The number of rotatable bonds is 6. The van der Waals surface area contributed by atoms with E-state index in [1.807, 2.05) is 24.3 Å². The fourth-order valence-electron chi connectivity index (χ4n) is 3.01. The first-order chi connectivity index (χ1) is 14.5. The number of amides is 1. The van der Waals surface area contributed by atoms with Crippen molar-refractivity contribution in [3.63, 3.8) is 0 Å². The Bertz CT molecular complexity index is 1210. The van der Waals surface area contributed by atoms with Crippen LogP contribution in [0.4, 0.5) is 14.5 Å². The smallest absolute Gasteiger partial charge is 0.244 e. The minimum absolute atomic E-state index is 0.0928. The quantitative estimate of drug-likeness (QED) is 0.461. The Kier molecular flexibility index (Phi) is 5.63. The summed E-state index contributed by atoms with van der Waals surface area (Å²) in [5.41, 5.74) is 1.35. The number of imidazole rings is 1. The Morgan fingerprint density at radius 1 is 1.07 bits per heavy atom. The van der Waals surface area contributed by atoms with Gasteiger partial charge in [0.25, 0.3) is 0 Å². The zero-order chi connectivity index (χ0) is 21.1. The highest BCUT2D eigenvalue weighted by atomic mass is 35.5. The van der Waals surface area contributed by atoms with Crippen LogP contribution in [0.15, 0.2) is 66.7 Å². The van der Waals surface area contributed by atoms with Crippen molar-refractivity contribution in [2.45, 2.75) is 13.2 Å². The number of ether oxygens (including phenoxy) is 1. The van der Waals surface area contributed by atoms with E-state index in [1.54, 1.807) is 28.8 Å². The summed E-state index contributed by atoms with van der Waals surface area (Å²) in [7, 11) is 0. The summed E-state index contributed by atoms with van der Waals surface area (Å²) < 4.78 is 34.4. The number of hydrogen-bond donors (Lipinski definition) is 1. The normalized spacial score (nSPS) is 10.9. The SMILES string of the molecule is O=C(Cn1c(COc2ccc(Cl)cc2)nc2ccccc21)Nc1ccc(F)cc1F. The van der Waals surface area contributed by atoms with Gasteiger partial charge in [-0.2, -0.15) is 0 Å². The van der Waals surface area contributed by atoms with Gasteiger partial charge in [0, 0.05) is 11.1 Å². The monoisotopic (exact) mass is 427 g/mol. The fraction of sp³-hybridized carbons (Fsp3) is 0.0909. The van der Waals surface area contributed by atoms with Crippen molar-refractivity contribution in [2.75, 3.05) is 5.32 Å². The molecule has 0 aliphatic rings. The number of aromatic nitrogens is 2. The van der Waals surface area contributed by atoms with Crippen LogP contribution in [0.1, 0.15) is 5.82 Å². The standard InChI is InChI=1S/C22H16ClF2N3O2/c23-14-5-8-16(9-6-14)30-13-21-26-19-3-1-2-4-20(19)28(21)12-22(29)27-18-10-7-15(24)11-17(18)25/h1-11H,12-13H2,(H,27,29). The third-order valence-corrected chi connectivity index (χ3v) is 4.67. The van der Waals surface area contributed by atoms with Gasteiger partial charge in [-0.05, 0) is 48.5 Å². The second-order valence-electron chi connectivity index (χ2n) is 6.52. The van der Waals surface area contributed by atoms with Gasteiger partial charge in [0.05, 0.1) is 16.7 Å². The van der Waals surface area contributed by atoms with Crippen LogP contribution in [0.3, 0.4) is 0 Å². The lowest BCUT2D eigenvalue weighted by atomic mass is 10.3.